The molecule has 2 aliphatic rings. The first-order chi connectivity index (χ1) is 10.3. The van der Waals surface area contributed by atoms with Crippen LogP contribution in [0.15, 0.2) is 24.3 Å². The van der Waals surface area contributed by atoms with Gasteiger partial charge in [0.2, 0.25) is 5.91 Å². The Balaban J connectivity index is 1.55. The van der Waals surface area contributed by atoms with Crippen molar-refractivity contribution < 1.29 is 9.53 Å². The van der Waals surface area contributed by atoms with Crippen molar-refractivity contribution >= 4 is 5.91 Å². The van der Waals surface area contributed by atoms with E-state index in [1.807, 2.05) is 12.1 Å². The molecule has 1 saturated carbocycles. The number of benzene rings is 1. The van der Waals surface area contributed by atoms with Gasteiger partial charge in [-0.15, -0.1) is 0 Å². The highest BCUT2D eigenvalue weighted by atomic mass is 16.5. The number of hydrogen-bond donors (Lipinski definition) is 0. The van der Waals surface area contributed by atoms with Crippen LogP contribution in [-0.4, -0.2) is 31.0 Å². The van der Waals surface area contributed by atoms with E-state index in [9.17, 15) is 4.79 Å². The average molecular weight is 287 g/mol. The molecule has 1 aromatic rings. The maximum absolute atomic E-state index is 12.4. The minimum Gasteiger partial charge on any atom is -0.497 e. The van der Waals surface area contributed by atoms with Crippen molar-refractivity contribution in [2.75, 3.05) is 20.2 Å². The highest BCUT2D eigenvalue weighted by Gasteiger charge is 2.29. The van der Waals surface area contributed by atoms with Gasteiger partial charge in [0.25, 0.3) is 0 Å². The van der Waals surface area contributed by atoms with Crippen LogP contribution in [0.4, 0.5) is 0 Å². The lowest BCUT2D eigenvalue weighted by Crippen LogP contribution is -2.29. The van der Waals surface area contributed by atoms with Gasteiger partial charge < -0.3 is 9.64 Å². The molecular weight excluding hydrogens is 262 g/mol. The molecular formula is C18H25NO2. The summed E-state index contributed by atoms with van der Waals surface area (Å²) < 4.78 is 5.20. The molecule has 1 amide bonds. The van der Waals surface area contributed by atoms with Crippen molar-refractivity contribution in [1.29, 1.82) is 0 Å². The normalized spacial score (nSPS) is 22.7. The third-order valence-corrected chi connectivity index (χ3v) is 5.07. The van der Waals surface area contributed by atoms with E-state index in [0.29, 0.717) is 17.7 Å². The van der Waals surface area contributed by atoms with Crippen molar-refractivity contribution in [3.8, 4) is 5.75 Å². The predicted molar refractivity (Wildman–Crippen MR) is 83.5 cm³/mol. The molecule has 1 heterocycles. The van der Waals surface area contributed by atoms with Gasteiger partial charge in [0.15, 0.2) is 0 Å². The third-order valence-electron chi connectivity index (χ3n) is 5.07. The Bertz CT molecular complexity index is 476. The van der Waals surface area contributed by atoms with Crippen molar-refractivity contribution in [2.45, 2.75) is 44.4 Å². The molecule has 1 aromatic carbocycles. The van der Waals surface area contributed by atoms with Gasteiger partial charge in [0, 0.05) is 25.4 Å². The van der Waals surface area contributed by atoms with Gasteiger partial charge in [-0.1, -0.05) is 25.0 Å². The fourth-order valence-electron chi connectivity index (χ4n) is 3.73. The molecule has 1 aliphatic carbocycles. The van der Waals surface area contributed by atoms with Crippen LogP contribution in [0.2, 0.25) is 0 Å². The first-order valence-electron chi connectivity index (χ1n) is 8.18. The van der Waals surface area contributed by atoms with Crippen LogP contribution in [0.5, 0.6) is 5.75 Å². The fraction of sp³-hybridized carbons (Fsp3) is 0.611. The van der Waals surface area contributed by atoms with E-state index in [2.05, 4.69) is 17.0 Å². The summed E-state index contributed by atoms with van der Waals surface area (Å²) in [6.07, 6.45) is 6.99. The summed E-state index contributed by atoms with van der Waals surface area (Å²) in [6, 6.07) is 8.29. The molecule has 0 radical (unpaired) electrons. The topological polar surface area (TPSA) is 29.5 Å². The van der Waals surface area contributed by atoms with E-state index in [0.717, 1.165) is 31.7 Å². The zero-order chi connectivity index (χ0) is 14.7. The Kier molecular flexibility index (Phi) is 4.47. The van der Waals surface area contributed by atoms with Gasteiger partial charge in [-0.05, 0) is 42.9 Å². The number of hydrogen-bond acceptors (Lipinski definition) is 2. The molecule has 0 aromatic heterocycles. The van der Waals surface area contributed by atoms with Crippen molar-refractivity contribution in [3.05, 3.63) is 29.8 Å². The Morgan fingerprint density at radius 2 is 1.90 bits per heavy atom. The predicted octanol–water partition coefficient (Wildman–Crippen LogP) is 3.59. The van der Waals surface area contributed by atoms with Gasteiger partial charge in [0.05, 0.1) is 7.11 Å². The number of rotatable bonds is 4. The van der Waals surface area contributed by atoms with E-state index < -0.39 is 0 Å². The quantitative estimate of drug-likeness (QED) is 0.847. The molecule has 1 aliphatic heterocycles. The summed E-state index contributed by atoms with van der Waals surface area (Å²) in [4.78, 5) is 14.5. The lowest BCUT2D eigenvalue weighted by Gasteiger charge is -2.19. The summed E-state index contributed by atoms with van der Waals surface area (Å²) in [5, 5.41) is 0. The minimum atomic E-state index is 0.373. The van der Waals surface area contributed by atoms with Crippen molar-refractivity contribution in [2.24, 2.45) is 5.92 Å². The Morgan fingerprint density at radius 1 is 1.19 bits per heavy atom. The first kappa shape index (κ1) is 14.4. The van der Waals surface area contributed by atoms with Crippen molar-refractivity contribution in [1.82, 2.24) is 4.90 Å². The summed E-state index contributed by atoms with van der Waals surface area (Å²) in [7, 11) is 1.69. The molecule has 21 heavy (non-hydrogen) atoms. The van der Waals surface area contributed by atoms with Crippen LogP contribution in [0.25, 0.3) is 0 Å². The second-order valence-electron chi connectivity index (χ2n) is 6.45. The van der Waals surface area contributed by atoms with Crippen LogP contribution >= 0.6 is 0 Å². The molecule has 0 spiro atoms. The number of carbonyl (C=O) groups excluding carboxylic acids is 1. The summed E-state index contributed by atoms with van der Waals surface area (Å²) in [5.74, 6) is 2.41. The number of ether oxygens (including phenoxy) is 1. The summed E-state index contributed by atoms with van der Waals surface area (Å²) in [5.41, 5.74) is 1.33. The molecule has 114 valence electrons. The number of methoxy groups -OCH3 is 1. The zero-order valence-corrected chi connectivity index (χ0v) is 12.9. The molecule has 3 rings (SSSR count). The first-order valence-corrected chi connectivity index (χ1v) is 8.18. The van der Waals surface area contributed by atoms with Gasteiger partial charge in [-0.25, -0.2) is 0 Å². The Hall–Kier alpha value is -1.51. The summed E-state index contributed by atoms with van der Waals surface area (Å²) >= 11 is 0. The van der Waals surface area contributed by atoms with Gasteiger partial charge in [0.1, 0.15) is 5.75 Å². The van der Waals surface area contributed by atoms with Gasteiger partial charge in [-0.3, -0.25) is 4.79 Å². The highest BCUT2D eigenvalue weighted by molar-refractivity contribution is 5.77. The molecule has 1 saturated heterocycles. The number of likely N-dealkylation sites (tertiary alicyclic amines) is 1. The van der Waals surface area contributed by atoms with Gasteiger partial charge >= 0.3 is 0 Å². The van der Waals surface area contributed by atoms with Crippen LogP contribution in [0.3, 0.4) is 0 Å². The second-order valence-corrected chi connectivity index (χ2v) is 6.45. The van der Waals surface area contributed by atoms with E-state index in [1.165, 1.54) is 31.2 Å². The Labute approximate surface area is 127 Å². The maximum atomic E-state index is 12.4. The smallest absolute Gasteiger partial charge is 0.222 e. The maximum Gasteiger partial charge on any atom is 0.222 e. The van der Waals surface area contributed by atoms with Crippen LogP contribution in [0.1, 0.15) is 50.0 Å². The second kappa shape index (κ2) is 6.50. The average Bonchev–Trinajstić information content (AvgIpc) is 3.18. The van der Waals surface area contributed by atoms with Crippen LogP contribution < -0.4 is 4.74 Å². The Morgan fingerprint density at radius 3 is 2.57 bits per heavy atom. The third kappa shape index (κ3) is 3.39. The lowest BCUT2D eigenvalue weighted by molar-refractivity contribution is -0.131. The molecule has 0 N–H and O–H groups in total. The van der Waals surface area contributed by atoms with E-state index >= 15 is 0 Å². The standard InChI is InChI=1S/C18H25NO2/c1-21-17-8-6-15(7-9-17)16-10-11-19(13-16)18(20)12-14-4-2-3-5-14/h6-9,14,16H,2-5,10-13H2,1H3. The highest BCUT2D eigenvalue weighted by Crippen LogP contribution is 2.31. The largest absolute Gasteiger partial charge is 0.497 e. The molecule has 2 fully saturated rings. The zero-order valence-electron chi connectivity index (χ0n) is 12.9. The number of nitrogens with zero attached hydrogens (tertiary/aromatic N) is 1. The van der Waals surface area contributed by atoms with E-state index in [-0.39, 0.29) is 0 Å². The molecule has 1 unspecified atom stereocenters. The fourth-order valence-corrected chi connectivity index (χ4v) is 3.73. The number of carbonyl (C=O) groups is 1. The van der Waals surface area contributed by atoms with Crippen LogP contribution in [0, 0.1) is 5.92 Å². The van der Waals surface area contributed by atoms with E-state index in [4.69, 9.17) is 4.74 Å². The molecule has 3 nitrogen and oxygen atoms in total. The van der Waals surface area contributed by atoms with Gasteiger partial charge in [-0.2, -0.15) is 0 Å². The summed E-state index contributed by atoms with van der Waals surface area (Å²) in [6.45, 7) is 1.81. The minimum absolute atomic E-state index is 0.373. The van der Waals surface area contributed by atoms with Crippen LogP contribution in [-0.2, 0) is 4.79 Å². The SMILES string of the molecule is COc1ccc(C2CCN(C(=O)CC3CCCC3)C2)cc1. The van der Waals surface area contributed by atoms with Crippen molar-refractivity contribution in [3.63, 3.8) is 0 Å². The number of amides is 1. The lowest BCUT2D eigenvalue weighted by atomic mass is 9.98. The molecule has 1 atom stereocenters. The molecule has 0 bridgehead atoms. The monoisotopic (exact) mass is 287 g/mol. The molecule has 3 heteroatoms. The van der Waals surface area contributed by atoms with E-state index in [1.54, 1.807) is 7.11 Å².